The second-order valence-electron chi connectivity index (χ2n) is 5.49. The Hall–Kier alpha value is -1.15. The van der Waals surface area contributed by atoms with Crippen LogP contribution in [0.5, 0.6) is 0 Å². The van der Waals surface area contributed by atoms with E-state index in [1.54, 1.807) is 11.3 Å². The van der Waals surface area contributed by atoms with Gasteiger partial charge in [0, 0.05) is 44.1 Å². The topological polar surface area (TPSA) is 64.7 Å². The van der Waals surface area contributed by atoms with E-state index in [1.165, 1.54) is 4.88 Å². The predicted molar refractivity (Wildman–Crippen MR) is 92.7 cm³/mol. The molecule has 0 unspecified atom stereocenters. The molecule has 0 aliphatic carbocycles. The highest BCUT2D eigenvalue weighted by Gasteiger charge is 2.19. The third-order valence-corrected chi connectivity index (χ3v) is 4.88. The smallest absolute Gasteiger partial charge is 0.239 e. The molecule has 23 heavy (non-hydrogen) atoms. The SMILES string of the molecule is CCNC(=O)CNC(=O)CN1CCN(Cc2ccc(Cl)s2)CC1. The van der Waals surface area contributed by atoms with Crippen LogP contribution in [0.25, 0.3) is 0 Å². The van der Waals surface area contributed by atoms with Crippen molar-refractivity contribution < 1.29 is 9.59 Å². The lowest BCUT2D eigenvalue weighted by atomic mass is 10.3. The van der Waals surface area contributed by atoms with Gasteiger partial charge in [-0.25, -0.2) is 0 Å². The molecular formula is C15H23ClN4O2S. The first-order valence-corrected chi connectivity index (χ1v) is 8.98. The highest BCUT2D eigenvalue weighted by atomic mass is 35.5. The van der Waals surface area contributed by atoms with E-state index >= 15 is 0 Å². The molecule has 2 amide bonds. The van der Waals surface area contributed by atoms with E-state index in [-0.39, 0.29) is 18.4 Å². The van der Waals surface area contributed by atoms with Gasteiger partial charge in [-0.1, -0.05) is 11.6 Å². The summed E-state index contributed by atoms with van der Waals surface area (Å²) >= 11 is 7.56. The lowest BCUT2D eigenvalue weighted by Gasteiger charge is -2.33. The van der Waals surface area contributed by atoms with Crippen LogP contribution in [-0.4, -0.2) is 67.4 Å². The number of thiophene rings is 1. The number of carbonyl (C=O) groups excluding carboxylic acids is 2. The van der Waals surface area contributed by atoms with Crippen LogP contribution in [-0.2, 0) is 16.1 Å². The number of nitrogens with one attached hydrogen (secondary N) is 2. The van der Waals surface area contributed by atoms with Crippen LogP contribution in [0.4, 0.5) is 0 Å². The number of nitrogens with zero attached hydrogens (tertiary/aromatic N) is 2. The van der Waals surface area contributed by atoms with Gasteiger partial charge in [0.25, 0.3) is 0 Å². The highest BCUT2D eigenvalue weighted by molar-refractivity contribution is 7.16. The standard InChI is InChI=1S/C15H23ClN4O2S/c1-2-17-14(21)9-18-15(22)11-20-7-5-19(6-8-20)10-12-3-4-13(16)23-12/h3-4H,2,5-11H2,1H3,(H,17,21)(H,18,22). The summed E-state index contributed by atoms with van der Waals surface area (Å²) in [6.45, 7) is 7.30. The Morgan fingerprint density at radius 2 is 1.83 bits per heavy atom. The van der Waals surface area contributed by atoms with Crippen LogP contribution >= 0.6 is 22.9 Å². The van der Waals surface area contributed by atoms with E-state index in [1.807, 2.05) is 13.0 Å². The Labute approximate surface area is 145 Å². The average molecular weight is 359 g/mol. The fraction of sp³-hybridized carbons (Fsp3) is 0.600. The Morgan fingerprint density at radius 1 is 1.13 bits per heavy atom. The molecule has 2 N–H and O–H groups in total. The van der Waals surface area contributed by atoms with Gasteiger partial charge in [0.15, 0.2) is 0 Å². The molecular weight excluding hydrogens is 336 g/mol. The van der Waals surface area contributed by atoms with Crippen LogP contribution in [0.15, 0.2) is 12.1 Å². The molecule has 8 heteroatoms. The molecule has 1 saturated heterocycles. The summed E-state index contributed by atoms with van der Waals surface area (Å²) < 4.78 is 0.822. The summed E-state index contributed by atoms with van der Waals surface area (Å²) in [4.78, 5) is 28.9. The Balaban J connectivity index is 1.64. The fourth-order valence-corrected chi connectivity index (χ4v) is 3.59. The van der Waals surface area contributed by atoms with Gasteiger partial charge in [-0.2, -0.15) is 0 Å². The molecule has 1 aromatic rings. The monoisotopic (exact) mass is 358 g/mol. The molecule has 0 saturated carbocycles. The molecule has 6 nitrogen and oxygen atoms in total. The Bertz CT molecular complexity index is 529. The minimum absolute atomic E-state index is 0.0474. The lowest BCUT2D eigenvalue weighted by molar-refractivity contribution is -0.127. The quantitative estimate of drug-likeness (QED) is 0.755. The lowest BCUT2D eigenvalue weighted by Crippen LogP contribution is -2.49. The minimum Gasteiger partial charge on any atom is -0.355 e. The van der Waals surface area contributed by atoms with Gasteiger partial charge >= 0.3 is 0 Å². The molecule has 0 aromatic carbocycles. The molecule has 2 rings (SSSR count). The largest absolute Gasteiger partial charge is 0.355 e. The van der Waals surface area contributed by atoms with Gasteiger partial charge in [0.05, 0.1) is 17.4 Å². The van der Waals surface area contributed by atoms with E-state index in [0.717, 1.165) is 37.1 Å². The zero-order valence-electron chi connectivity index (χ0n) is 13.3. The number of halogens is 1. The average Bonchev–Trinajstić information content (AvgIpc) is 2.93. The maximum absolute atomic E-state index is 11.8. The van der Waals surface area contributed by atoms with Gasteiger partial charge < -0.3 is 10.6 Å². The van der Waals surface area contributed by atoms with Crippen molar-refractivity contribution in [3.05, 3.63) is 21.3 Å². The van der Waals surface area contributed by atoms with E-state index in [4.69, 9.17) is 11.6 Å². The summed E-state index contributed by atoms with van der Waals surface area (Å²) in [6, 6.07) is 3.99. The third-order valence-electron chi connectivity index (χ3n) is 3.66. The van der Waals surface area contributed by atoms with Crippen LogP contribution in [0.3, 0.4) is 0 Å². The highest BCUT2D eigenvalue weighted by Crippen LogP contribution is 2.23. The fourth-order valence-electron chi connectivity index (χ4n) is 2.46. The number of hydrogen-bond acceptors (Lipinski definition) is 5. The first-order valence-electron chi connectivity index (χ1n) is 7.79. The van der Waals surface area contributed by atoms with E-state index in [2.05, 4.69) is 26.5 Å². The Kier molecular flexibility index (Phi) is 7.29. The molecule has 1 aliphatic rings. The van der Waals surface area contributed by atoms with Gasteiger partial charge in [0.2, 0.25) is 11.8 Å². The van der Waals surface area contributed by atoms with Crippen molar-refractivity contribution >= 4 is 34.8 Å². The van der Waals surface area contributed by atoms with Crippen molar-refractivity contribution in [3.63, 3.8) is 0 Å². The van der Waals surface area contributed by atoms with Crippen molar-refractivity contribution in [2.24, 2.45) is 0 Å². The second-order valence-corrected chi connectivity index (χ2v) is 7.29. The van der Waals surface area contributed by atoms with Gasteiger partial charge in [-0.05, 0) is 19.1 Å². The van der Waals surface area contributed by atoms with E-state index in [9.17, 15) is 9.59 Å². The molecule has 0 spiro atoms. The van der Waals surface area contributed by atoms with Crippen LogP contribution in [0.1, 0.15) is 11.8 Å². The van der Waals surface area contributed by atoms with Crippen molar-refractivity contribution in [1.82, 2.24) is 20.4 Å². The number of hydrogen-bond donors (Lipinski definition) is 2. The summed E-state index contributed by atoms with van der Waals surface area (Å²) in [5.74, 6) is -0.255. The molecule has 1 aliphatic heterocycles. The molecule has 1 fully saturated rings. The summed E-state index contributed by atoms with van der Waals surface area (Å²) in [5.41, 5.74) is 0. The maximum atomic E-state index is 11.8. The summed E-state index contributed by atoms with van der Waals surface area (Å²) in [6.07, 6.45) is 0. The molecule has 1 aromatic heterocycles. The number of piperazine rings is 1. The van der Waals surface area contributed by atoms with Crippen molar-refractivity contribution in [2.75, 3.05) is 45.8 Å². The first kappa shape index (κ1) is 18.2. The summed E-state index contributed by atoms with van der Waals surface area (Å²) in [5, 5.41) is 5.30. The van der Waals surface area contributed by atoms with Crippen LogP contribution in [0, 0.1) is 0 Å². The van der Waals surface area contributed by atoms with E-state index in [0.29, 0.717) is 13.1 Å². The number of rotatable bonds is 7. The van der Waals surface area contributed by atoms with Crippen LogP contribution < -0.4 is 10.6 Å². The molecule has 0 bridgehead atoms. The van der Waals surface area contributed by atoms with Crippen molar-refractivity contribution in [2.45, 2.75) is 13.5 Å². The normalized spacial score (nSPS) is 16.3. The molecule has 128 valence electrons. The molecule has 0 atom stereocenters. The Morgan fingerprint density at radius 3 is 2.43 bits per heavy atom. The number of carbonyl (C=O) groups is 2. The third kappa shape index (κ3) is 6.47. The van der Waals surface area contributed by atoms with E-state index < -0.39 is 0 Å². The zero-order chi connectivity index (χ0) is 16.7. The summed E-state index contributed by atoms with van der Waals surface area (Å²) in [7, 11) is 0. The first-order chi connectivity index (χ1) is 11.1. The number of likely N-dealkylation sites (N-methyl/N-ethyl adjacent to an activating group) is 1. The van der Waals surface area contributed by atoms with Crippen molar-refractivity contribution in [3.8, 4) is 0 Å². The second kappa shape index (κ2) is 9.22. The molecule has 2 heterocycles. The van der Waals surface area contributed by atoms with Gasteiger partial charge in [0.1, 0.15) is 0 Å². The zero-order valence-corrected chi connectivity index (χ0v) is 14.9. The molecule has 0 radical (unpaired) electrons. The van der Waals surface area contributed by atoms with Crippen LogP contribution in [0.2, 0.25) is 4.34 Å². The predicted octanol–water partition coefficient (Wildman–Crippen LogP) is 0.771. The van der Waals surface area contributed by atoms with Gasteiger partial charge in [-0.15, -0.1) is 11.3 Å². The maximum Gasteiger partial charge on any atom is 0.239 e. The minimum atomic E-state index is -0.153. The number of amides is 2. The van der Waals surface area contributed by atoms with Gasteiger partial charge in [-0.3, -0.25) is 19.4 Å². The van der Waals surface area contributed by atoms with Crippen molar-refractivity contribution in [1.29, 1.82) is 0 Å².